The molecule has 20 heavy (non-hydrogen) atoms. The van der Waals surface area contributed by atoms with Crippen LogP contribution in [0.2, 0.25) is 0 Å². The van der Waals surface area contributed by atoms with E-state index in [1.54, 1.807) is 13.0 Å². The summed E-state index contributed by atoms with van der Waals surface area (Å²) in [6.07, 6.45) is 0.297. The van der Waals surface area contributed by atoms with Gasteiger partial charge in [-0.1, -0.05) is 6.07 Å². The maximum atomic E-state index is 13.8. The van der Waals surface area contributed by atoms with Gasteiger partial charge >= 0.3 is 0 Å². The van der Waals surface area contributed by atoms with Crippen LogP contribution in [0.3, 0.4) is 0 Å². The van der Waals surface area contributed by atoms with E-state index in [0.717, 1.165) is 17.2 Å². The summed E-state index contributed by atoms with van der Waals surface area (Å²) in [5.41, 5.74) is 8.18. The lowest BCUT2D eigenvalue weighted by Crippen LogP contribution is -2.16. The van der Waals surface area contributed by atoms with Crippen molar-refractivity contribution >= 4 is 0 Å². The van der Waals surface area contributed by atoms with Gasteiger partial charge in [0.2, 0.25) is 0 Å². The van der Waals surface area contributed by atoms with Crippen molar-refractivity contribution in [2.24, 2.45) is 5.73 Å². The molecule has 4 heteroatoms. The minimum absolute atomic E-state index is 0.243. The summed E-state index contributed by atoms with van der Waals surface area (Å²) in [5, 5.41) is 0. The third-order valence-electron chi connectivity index (χ3n) is 3.43. The second-order valence-electron chi connectivity index (χ2n) is 5.00. The van der Waals surface area contributed by atoms with Crippen molar-refractivity contribution in [2.45, 2.75) is 26.3 Å². The van der Waals surface area contributed by atoms with E-state index < -0.39 is 17.7 Å². The molecule has 1 unspecified atom stereocenters. The van der Waals surface area contributed by atoms with Gasteiger partial charge in [-0.2, -0.15) is 0 Å². The third kappa shape index (κ3) is 3.02. The molecule has 0 aliphatic carbocycles. The summed E-state index contributed by atoms with van der Waals surface area (Å²) >= 11 is 0. The molecule has 2 rings (SSSR count). The Morgan fingerprint density at radius 3 is 2.35 bits per heavy atom. The first-order chi connectivity index (χ1) is 9.38. The molecule has 0 amide bonds. The standard InChI is InChI=1S/C16H16F3N/c1-9-3-4-12(17)6-11(9)7-16(20)13-5-10(2)14(18)8-15(13)19/h3-6,8,16H,7,20H2,1-2H3. The van der Waals surface area contributed by atoms with Crippen molar-refractivity contribution in [3.63, 3.8) is 0 Å². The molecule has 0 spiro atoms. The minimum atomic E-state index is -0.672. The smallest absolute Gasteiger partial charge is 0.130 e. The quantitative estimate of drug-likeness (QED) is 0.904. The van der Waals surface area contributed by atoms with E-state index in [4.69, 9.17) is 5.73 Å². The lowest BCUT2D eigenvalue weighted by molar-refractivity contribution is 0.549. The Kier molecular flexibility index (Phi) is 4.14. The fraction of sp³-hybridized carbons (Fsp3) is 0.250. The summed E-state index contributed by atoms with van der Waals surface area (Å²) in [6.45, 7) is 3.40. The van der Waals surface area contributed by atoms with Crippen LogP contribution >= 0.6 is 0 Å². The van der Waals surface area contributed by atoms with Crippen molar-refractivity contribution in [3.8, 4) is 0 Å². The molecule has 1 nitrogen and oxygen atoms in total. The van der Waals surface area contributed by atoms with Crippen LogP contribution < -0.4 is 5.73 Å². The predicted molar refractivity (Wildman–Crippen MR) is 72.9 cm³/mol. The monoisotopic (exact) mass is 279 g/mol. The van der Waals surface area contributed by atoms with E-state index in [1.807, 2.05) is 6.92 Å². The number of aryl methyl sites for hydroxylation is 2. The topological polar surface area (TPSA) is 26.0 Å². The molecule has 0 bridgehead atoms. The predicted octanol–water partition coefficient (Wildman–Crippen LogP) is 3.96. The zero-order valence-corrected chi connectivity index (χ0v) is 11.4. The van der Waals surface area contributed by atoms with Crippen LogP contribution in [0.4, 0.5) is 13.2 Å². The molecular formula is C16H16F3N. The molecule has 2 aromatic rings. The van der Waals surface area contributed by atoms with Gasteiger partial charge in [-0.15, -0.1) is 0 Å². The van der Waals surface area contributed by atoms with Crippen LogP contribution in [-0.2, 0) is 6.42 Å². The first-order valence-electron chi connectivity index (χ1n) is 6.34. The molecular weight excluding hydrogens is 263 g/mol. The first-order valence-corrected chi connectivity index (χ1v) is 6.34. The highest BCUT2D eigenvalue weighted by atomic mass is 19.1. The van der Waals surface area contributed by atoms with Crippen molar-refractivity contribution in [2.75, 3.05) is 0 Å². The van der Waals surface area contributed by atoms with Crippen LogP contribution in [0.1, 0.15) is 28.3 Å². The average Bonchev–Trinajstić information content (AvgIpc) is 2.38. The SMILES string of the molecule is Cc1cc(C(N)Cc2cc(F)ccc2C)c(F)cc1F. The minimum Gasteiger partial charge on any atom is -0.324 e. The van der Waals surface area contributed by atoms with Crippen molar-refractivity contribution in [3.05, 3.63) is 70.0 Å². The van der Waals surface area contributed by atoms with Crippen molar-refractivity contribution < 1.29 is 13.2 Å². The third-order valence-corrected chi connectivity index (χ3v) is 3.43. The maximum Gasteiger partial charge on any atom is 0.130 e. The number of benzene rings is 2. The number of rotatable bonds is 3. The van der Waals surface area contributed by atoms with Crippen LogP contribution in [0, 0.1) is 31.3 Å². The van der Waals surface area contributed by atoms with Gasteiger partial charge in [0.05, 0.1) is 0 Å². The Bertz CT molecular complexity index is 638. The number of halogens is 3. The van der Waals surface area contributed by atoms with Crippen LogP contribution in [0.15, 0.2) is 30.3 Å². The zero-order valence-electron chi connectivity index (χ0n) is 11.4. The highest BCUT2D eigenvalue weighted by Crippen LogP contribution is 2.23. The summed E-state index contributed by atoms with van der Waals surface area (Å²) in [5.74, 6) is -1.62. The van der Waals surface area contributed by atoms with E-state index in [2.05, 4.69) is 0 Å². The molecule has 0 heterocycles. The molecule has 0 radical (unpaired) electrons. The number of nitrogens with two attached hydrogens (primary N) is 1. The summed E-state index contributed by atoms with van der Waals surface area (Å²) in [4.78, 5) is 0. The van der Waals surface area contributed by atoms with Gasteiger partial charge < -0.3 is 5.73 Å². The fourth-order valence-corrected chi connectivity index (χ4v) is 2.17. The van der Waals surface area contributed by atoms with Gasteiger partial charge in [-0.05, 0) is 55.2 Å². The van der Waals surface area contributed by atoms with Crippen LogP contribution in [0.5, 0.6) is 0 Å². The van der Waals surface area contributed by atoms with Gasteiger partial charge in [-0.3, -0.25) is 0 Å². The lowest BCUT2D eigenvalue weighted by Gasteiger charge is -2.16. The fourth-order valence-electron chi connectivity index (χ4n) is 2.17. The molecule has 0 fully saturated rings. The molecule has 0 aromatic heterocycles. The molecule has 2 N–H and O–H groups in total. The summed E-state index contributed by atoms with van der Waals surface area (Å²) in [6, 6.07) is 6.02. The normalized spacial score (nSPS) is 12.5. The Morgan fingerprint density at radius 2 is 1.65 bits per heavy atom. The number of hydrogen-bond acceptors (Lipinski definition) is 1. The largest absolute Gasteiger partial charge is 0.324 e. The molecule has 0 aliphatic rings. The van der Waals surface area contributed by atoms with Crippen LogP contribution in [-0.4, -0.2) is 0 Å². The second-order valence-corrected chi connectivity index (χ2v) is 5.00. The van der Waals surface area contributed by atoms with Gasteiger partial charge in [0, 0.05) is 17.7 Å². The lowest BCUT2D eigenvalue weighted by atomic mass is 9.95. The Hall–Kier alpha value is -1.81. The Morgan fingerprint density at radius 1 is 0.950 bits per heavy atom. The van der Waals surface area contributed by atoms with E-state index in [0.29, 0.717) is 12.0 Å². The van der Waals surface area contributed by atoms with Crippen molar-refractivity contribution in [1.29, 1.82) is 0 Å². The average molecular weight is 279 g/mol. The summed E-state index contributed by atoms with van der Waals surface area (Å²) < 4.78 is 40.2. The molecule has 2 aromatic carbocycles. The van der Waals surface area contributed by atoms with Gasteiger partial charge in [-0.25, -0.2) is 13.2 Å². The Balaban J connectivity index is 2.30. The van der Waals surface area contributed by atoms with Crippen molar-refractivity contribution in [1.82, 2.24) is 0 Å². The Labute approximate surface area is 116 Å². The van der Waals surface area contributed by atoms with Gasteiger partial charge in [0.1, 0.15) is 17.5 Å². The summed E-state index contributed by atoms with van der Waals surface area (Å²) in [7, 11) is 0. The van der Waals surface area contributed by atoms with Gasteiger partial charge in [0.15, 0.2) is 0 Å². The van der Waals surface area contributed by atoms with Crippen LogP contribution in [0.25, 0.3) is 0 Å². The second kappa shape index (κ2) is 5.67. The molecule has 0 aliphatic heterocycles. The molecule has 106 valence electrons. The highest BCUT2D eigenvalue weighted by molar-refractivity contribution is 5.32. The van der Waals surface area contributed by atoms with E-state index in [1.165, 1.54) is 18.2 Å². The van der Waals surface area contributed by atoms with E-state index in [9.17, 15) is 13.2 Å². The number of hydrogen-bond donors (Lipinski definition) is 1. The molecule has 0 saturated carbocycles. The van der Waals surface area contributed by atoms with E-state index in [-0.39, 0.29) is 11.4 Å². The first kappa shape index (κ1) is 14.6. The zero-order chi connectivity index (χ0) is 14.9. The van der Waals surface area contributed by atoms with Gasteiger partial charge in [0.25, 0.3) is 0 Å². The molecule has 0 saturated heterocycles. The maximum absolute atomic E-state index is 13.8. The van der Waals surface area contributed by atoms with E-state index >= 15 is 0 Å². The highest BCUT2D eigenvalue weighted by Gasteiger charge is 2.16. The molecule has 1 atom stereocenters.